The predicted octanol–water partition coefficient (Wildman–Crippen LogP) is 6.83. The summed E-state index contributed by atoms with van der Waals surface area (Å²) in [5.41, 5.74) is 4.60. The van der Waals surface area contributed by atoms with Crippen LogP contribution < -0.4 is 0 Å². The van der Waals surface area contributed by atoms with Crippen LogP contribution >= 0.6 is 0 Å². The Hall–Kier alpha value is -1.64. The lowest BCUT2D eigenvalue weighted by molar-refractivity contribution is 0.203. The van der Waals surface area contributed by atoms with E-state index in [1.54, 1.807) is 0 Å². The minimum Gasteiger partial charge on any atom is -0.410 e. The standard InChI is InChI=1S/C22H30OSi/c1-17(19-11-9-8-10-12-19)20-13-15-21(16-14-20)18(2)23-24(6,7)22(3,4)5/h8-16,18H,1H2,2-7H3. The second-order valence-corrected chi connectivity index (χ2v) is 12.7. The van der Waals surface area contributed by atoms with Gasteiger partial charge in [-0.25, -0.2) is 0 Å². The van der Waals surface area contributed by atoms with Gasteiger partial charge in [0.25, 0.3) is 0 Å². The molecule has 2 aromatic carbocycles. The first-order valence-electron chi connectivity index (χ1n) is 8.64. The average Bonchev–Trinajstić information content (AvgIpc) is 2.53. The van der Waals surface area contributed by atoms with Crippen LogP contribution in [0.25, 0.3) is 5.57 Å². The smallest absolute Gasteiger partial charge is 0.192 e. The average molecular weight is 339 g/mol. The Kier molecular flexibility index (Phi) is 5.51. The van der Waals surface area contributed by atoms with E-state index in [9.17, 15) is 0 Å². The zero-order valence-corrected chi connectivity index (χ0v) is 16.9. The van der Waals surface area contributed by atoms with E-state index in [1.807, 2.05) is 18.2 Å². The molecule has 128 valence electrons. The van der Waals surface area contributed by atoms with Crippen LogP contribution in [0.5, 0.6) is 0 Å². The molecule has 0 N–H and O–H groups in total. The minimum absolute atomic E-state index is 0.116. The van der Waals surface area contributed by atoms with Crippen LogP contribution in [0.1, 0.15) is 50.5 Å². The van der Waals surface area contributed by atoms with Crippen molar-refractivity contribution in [1.29, 1.82) is 0 Å². The van der Waals surface area contributed by atoms with E-state index in [2.05, 4.69) is 83.8 Å². The molecule has 1 unspecified atom stereocenters. The molecule has 0 amide bonds. The van der Waals surface area contributed by atoms with Gasteiger partial charge in [-0.3, -0.25) is 0 Å². The van der Waals surface area contributed by atoms with Crippen molar-refractivity contribution in [2.24, 2.45) is 0 Å². The van der Waals surface area contributed by atoms with E-state index in [0.717, 1.165) is 16.7 Å². The Morgan fingerprint density at radius 3 is 1.92 bits per heavy atom. The normalized spacial score (nSPS) is 13.6. The third kappa shape index (κ3) is 4.25. The van der Waals surface area contributed by atoms with Crippen LogP contribution in [-0.4, -0.2) is 8.32 Å². The summed E-state index contributed by atoms with van der Waals surface area (Å²) in [7, 11) is -1.76. The Labute approximate surface area is 148 Å². The highest BCUT2D eigenvalue weighted by Gasteiger charge is 2.38. The van der Waals surface area contributed by atoms with Crippen LogP contribution in [-0.2, 0) is 4.43 Å². The zero-order chi connectivity index (χ0) is 18.0. The highest BCUT2D eigenvalue weighted by atomic mass is 28.4. The van der Waals surface area contributed by atoms with Gasteiger partial charge in [-0.05, 0) is 47.3 Å². The monoisotopic (exact) mass is 338 g/mol. The first-order valence-corrected chi connectivity index (χ1v) is 11.5. The number of hydrogen-bond donors (Lipinski definition) is 0. The van der Waals surface area contributed by atoms with Crippen LogP contribution in [0, 0.1) is 0 Å². The van der Waals surface area contributed by atoms with E-state index in [4.69, 9.17) is 4.43 Å². The Balaban J connectivity index is 2.13. The molecule has 1 nitrogen and oxygen atoms in total. The maximum absolute atomic E-state index is 6.49. The molecule has 0 fully saturated rings. The quantitative estimate of drug-likeness (QED) is 0.543. The fourth-order valence-corrected chi connectivity index (χ4v) is 3.82. The summed E-state index contributed by atoms with van der Waals surface area (Å²) in [6.07, 6.45) is 0.116. The molecule has 0 aromatic heterocycles. The van der Waals surface area contributed by atoms with E-state index < -0.39 is 8.32 Å². The lowest BCUT2D eigenvalue weighted by Crippen LogP contribution is -2.41. The molecule has 0 radical (unpaired) electrons. The zero-order valence-electron chi connectivity index (χ0n) is 15.9. The second kappa shape index (κ2) is 7.08. The van der Waals surface area contributed by atoms with Gasteiger partial charge in [-0.15, -0.1) is 0 Å². The summed E-state index contributed by atoms with van der Waals surface area (Å²) in [5.74, 6) is 0. The Bertz CT molecular complexity index is 678. The fraction of sp³-hybridized carbons (Fsp3) is 0.364. The Morgan fingerprint density at radius 2 is 1.42 bits per heavy atom. The first-order chi connectivity index (χ1) is 11.1. The van der Waals surface area contributed by atoms with Crippen LogP contribution in [0.2, 0.25) is 18.1 Å². The van der Waals surface area contributed by atoms with Crippen LogP contribution in [0.4, 0.5) is 0 Å². The van der Waals surface area contributed by atoms with E-state index in [1.165, 1.54) is 5.56 Å². The lowest BCUT2D eigenvalue weighted by Gasteiger charge is -2.38. The van der Waals surface area contributed by atoms with Gasteiger partial charge in [0.15, 0.2) is 8.32 Å². The largest absolute Gasteiger partial charge is 0.410 e. The van der Waals surface area contributed by atoms with Gasteiger partial charge >= 0.3 is 0 Å². The molecule has 0 spiro atoms. The van der Waals surface area contributed by atoms with Gasteiger partial charge < -0.3 is 4.43 Å². The van der Waals surface area contributed by atoms with Crippen LogP contribution in [0.15, 0.2) is 61.2 Å². The van der Waals surface area contributed by atoms with Crippen molar-refractivity contribution in [1.82, 2.24) is 0 Å². The van der Waals surface area contributed by atoms with Crippen LogP contribution in [0.3, 0.4) is 0 Å². The van der Waals surface area contributed by atoms with Crippen molar-refractivity contribution in [3.05, 3.63) is 77.9 Å². The van der Waals surface area contributed by atoms with Crippen molar-refractivity contribution in [3.63, 3.8) is 0 Å². The Morgan fingerprint density at radius 1 is 0.917 bits per heavy atom. The molecule has 2 aromatic rings. The highest BCUT2D eigenvalue weighted by Crippen LogP contribution is 2.39. The molecule has 0 saturated carbocycles. The molecule has 0 aliphatic rings. The molecule has 0 saturated heterocycles. The molecule has 0 aliphatic heterocycles. The summed E-state index contributed by atoms with van der Waals surface area (Å²) in [6, 6.07) is 18.9. The fourth-order valence-electron chi connectivity index (χ4n) is 2.45. The van der Waals surface area contributed by atoms with Gasteiger partial charge in [0.05, 0.1) is 6.10 Å². The van der Waals surface area contributed by atoms with Gasteiger partial charge in [-0.1, -0.05) is 81.9 Å². The number of benzene rings is 2. The molecule has 0 bridgehead atoms. The summed E-state index contributed by atoms with van der Waals surface area (Å²) < 4.78 is 6.49. The molecule has 2 rings (SSSR count). The maximum atomic E-state index is 6.49. The van der Waals surface area contributed by atoms with Gasteiger partial charge in [0.2, 0.25) is 0 Å². The van der Waals surface area contributed by atoms with Crippen molar-refractivity contribution < 1.29 is 4.43 Å². The maximum Gasteiger partial charge on any atom is 0.192 e. The predicted molar refractivity (Wildman–Crippen MR) is 108 cm³/mol. The lowest BCUT2D eigenvalue weighted by atomic mass is 9.98. The van der Waals surface area contributed by atoms with Gasteiger partial charge in [0.1, 0.15) is 0 Å². The van der Waals surface area contributed by atoms with E-state index in [0.29, 0.717) is 0 Å². The van der Waals surface area contributed by atoms with Gasteiger partial charge in [0, 0.05) is 0 Å². The summed E-state index contributed by atoms with van der Waals surface area (Å²) in [4.78, 5) is 0. The molecule has 2 heteroatoms. The van der Waals surface area contributed by atoms with Crippen molar-refractivity contribution in [2.75, 3.05) is 0 Å². The van der Waals surface area contributed by atoms with Crippen molar-refractivity contribution >= 4 is 13.9 Å². The summed E-state index contributed by atoms with van der Waals surface area (Å²) in [5, 5.41) is 0.225. The molecular formula is C22H30OSi. The van der Waals surface area contributed by atoms with Crippen molar-refractivity contribution in [2.45, 2.75) is 51.9 Å². The van der Waals surface area contributed by atoms with Gasteiger partial charge in [-0.2, -0.15) is 0 Å². The third-order valence-electron chi connectivity index (χ3n) is 5.13. The topological polar surface area (TPSA) is 9.23 Å². The molecule has 0 aliphatic carbocycles. The highest BCUT2D eigenvalue weighted by molar-refractivity contribution is 6.74. The molecule has 24 heavy (non-hydrogen) atoms. The molecular weight excluding hydrogens is 308 g/mol. The third-order valence-corrected chi connectivity index (χ3v) is 9.68. The van der Waals surface area contributed by atoms with E-state index >= 15 is 0 Å². The van der Waals surface area contributed by atoms with E-state index in [-0.39, 0.29) is 11.1 Å². The second-order valence-electron chi connectivity index (χ2n) is 7.99. The summed E-state index contributed by atoms with van der Waals surface area (Å²) >= 11 is 0. The SMILES string of the molecule is C=C(c1ccccc1)c1ccc(C(C)O[Si](C)(C)C(C)(C)C)cc1. The molecule has 1 atom stereocenters. The van der Waals surface area contributed by atoms with Crippen molar-refractivity contribution in [3.8, 4) is 0 Å². The number of hydrogen-bond acceptors (Lipinski definition) is 1. The minimum atomic E-state index is -1.76. The molecule has 0 heterocycles. The number of rotatable bonds is 5. The first kappa shape index (κ1) is 18.7. The summed E-state index contributed by atoms with van der Waals surface area (Å²) in [6.45, 7) is 17.8.